The molecular weight excluding hydrogens is 474 g/mol. The molecule has 3 amide bonds. The minimum atomic E-state index is -1.06. The highest BCUT2D eigenvalue weighted by Crippen LogP contribution is 2.29. The molecule has 0 aliphatic carbocycles. The molecule has 4 rings (SSSR count). The van der Waals surface area contributed by atoms with Crippen LogP contribution in [0, 0.1) is 11.6 Å². The normalized spacial score (nSPS) is 18.3. The summed E-state index contributed by atoms with van der Waals surface area (Å²) in [6.45, 7) is 2.15. The van der Waals surface area contributed by atoms with Gasteiger partial charge in [0.2, 0.25) is 0 Å². The SMILES string of the molecule is O=C(O)Cc1ccccc1N1CCC(NCCNC(=O)N2C(=O)OC[C@@H]2c2ccc(F)c(F)c2)CC1. The number of carboxylic acids is 1. The fraction of sp³-hybridized carbons (Fsp3) is 0.400. The van der Waals surface area contributed by atoms with Crippen LogP contribution in [0.3, 0.4) is 0 Å². The lowest BCUT2D eigenvalue weighted by molar-refractivity contribution is -0.136. The number of anilines is 1. The number of carbonyl (C=O) groups is 3. The van der Waals surface area contributed by atoms with Crippen LogP contribution < -0.4 is 15.5 Å². The summed E-state index contributed by atoms with van der Waals surface area (Å²) in [4.78, 5) is 38.9. The molecule has 2 saturated heterocycles. The van der Waals surface area contributed by atoms with Gasteiger partial charge in [-0.25, -0.2) is 23.3 Å². The van der Waals surface area contributed by atoms with E-state index in [9.17, 15) is 23.2 Å². The van der Waals surface area contributed by atoms with Crippen LogP contribution >= 0.6 is 0 Å². The number of nitrogens with one attached hydrogen (secondary N) is 2. The molecule has 1 atom stereocenters. The summed E-state index contributed by atoms with van der Waals surface area (Å²) < 4.78 is 31.8. The van der Waals surface area contributed by atoms with Gasteiger partial charge in [0.05, 0.1) is 6.42 Å². The Kier molecular flexibility index (Phi) is 7.99. The average molecular weight is 503 g/mol. The van der Waals surface area contributed by atoms with Gasteiger partial charge < -0.3 is 25.4 Å². The van der Waals surface area contributed by atoms with Gasteiger partial charge in [-0.15, -0.1) is 0 Å². The Labute approximate surface area is 207 Å². The number of hydrogen-bond donors (Lipinski definition) is 3. The number of halogens is 2. The molecule has 192 valence electrons. The van der Waals surface area contributed by atoms with Crippen LogP contribution in [0.5, 0.6) is 0 Å². The van der Waals surface area contributed by atoms with Crippen molar-refractivity contribution in [2.75, 3.05) is 37.7 Å². The molecule has 2 aromatic rings. The smallest absolute Gasteiger partial charge is 0.418 e. The van der Waals surface area contributed by atoms with E-state index in [1.54, 1.807) is 0 Å². The predicted octanol–water partition coefficient (Wildman–Crippen LogP) is 3.05. The highest BCUT2D eigenvalue weighted by atomic mass is 19.2. The van der Waals surface area contributed by atoms with Gasteiger partial charge in [-0.3, -0.25) is 4.79 Å². The van der Waals surface area contributed by atoms with Gasteiger partial charge in [0.15, 0.2) is 11.6 Å². The molecule has 0 unspecified atom stereocenters. The topological polar surface area (TPSA) is 111 Å². The number of carboxylic acid groups (broad SMARTS) is 1. The second kappa shape index (κ2) is 11.3. The van der Waals surface area contributed by atoms with Gasteiger partial charge in [-0.2, -0.15) is 0 Å². The highest BCUT2D eigenvalue weighted by Gasteiger charge is 2.39. The van der Waals surface area contributed by atoms with E-state index in [0.29, 0.717) is 6.54 Å². The maximum Gasteiger partial charge on any atom is 0.418 e. The van der Waals surface area contributed by atoms with E-state index in [-0.39, 0.29) is 31.2 Å². The van der Waals surface area contributed by atoms with Gasteiger partial charge in [0.1, 0.15) is 12.6 Å². The molecule has 2 aliphatic heterocycles. The maximum absolute atomic E-state index is 13.6. The van der Waals surface area contributed by atoms with E-state index in [4.69, 9.17) is 9.84 Å². The number of amides is 3. The first-order chi connectivity index (χ1) is 17.3. The number of urea groups is 1. The van der Waals surface area contributed by atoms with Gasteiger partial charge >= 0.3 is 18.1 Å². The summed E-state index contributed by atoms with van der Waals surface area (Å²) >= 11 is 0. The average Bonchev–Trinajstić information content (AvgIpc) is 3.25. The number of para-hydroxylation sites is 1. The first-order valence-corrected chi connectivity index (χ1v) is 11.8. The molecule has 36 heavy (non-hydrogen) atoms. The Bertz CT molecular complexity index is 1120. The molecule has 11 heteroatoms. The minimum absolute atomic E-state index is 0.0183. The second-order valence-electron chi connectivity index (χ2n) is 8.78. The van der Waals surface area contributed by atoms with E-state index in [1.165, 1.54) is 6.07 Å². The highest BCUT2D eigenvalue weighted by molar-refractivity contribution is 5.92. The maximum atomic E-state index is 13.6. The summed E-state index contributed by atoms with van der Waals surface area (Å²) in [6, 6.07) is 9.47. The quantitative estimate of drug-likeness (QED) is 0.476. The van der Waals surface area contributed by atoms with Crippen molar-refractivity contribution in [3.63, 3.8) is 0 Å². The van der Waals surface area contributed by atoms with E-state index in [1.807, 2.05) is 24.3 Å². The minimum Gasteiger partial charge on any atom is -0.481 e. The van der Waals surface area contributed by atoms with Crippen molar-refractivity contribution >= 4 is 23.8 Å². The second-order valence-corrected chi connectivity index (χ2v) is 8.78. The largest absolute Gasteiger partial charge is 0.481 e. The Morgan fingerprint density at radius 2 is 1.81 bits per heavy atom. The van der Waals surface area contributed by atoms with E-state index >= 15 is 0 Å². The number of benzene rings is 2. The molecule has 2 fully saturated rings. The third kappa shape index (κ3) is 5.91. The Morgan fingerprint density at radius 3 is 2.53 bits per heavy atom. The zero-order valence-electron chi connectivity index (χ0n) is 19.6. The zero-order valence-corrected chi connectivity index (χ0v) is 19.6. The van der Waals surface area contributed by atoms with Crippen molar-refractivity contribution in [3.8, 4) is 0 Å². The van der Waals surface area contributed by atoms with Crippen LogP contribution in [0.15, 0.2) is 42.5 Å². The molecular formula is C25H28F2N4O5. The number of rotatable bonds is 8. The lowest BCUT2D eigenvalue weighted by Crippen LogP contribution is -2.47. The van der Waals surface area contributed by atoms with Crippen LogP contribution in [0.25, 0.3) is 0 Å². The van der Waals surface area contributed by atoms with Crippen LogP contribution in [0.4, 0.5) is 24.1 Å². The molecule has 0 aromatic heterocycles. The molecule has 0 spiro atoms. The van der Waals surface area contributed by atoms with Crippen molar-refractivity contribution in [1.82, 2.24) is 15.5 Å². The zero-order chi connectivity index (χ0) is 25.7. The fourth-order valence-corrected chi connectivity index (χ4v) is 4.60. The number of nitrogens with zero attached hydrogens (tertiary/aromatic N) is 2. The summed E-state index contributed by atoms with van der Waals surface area (Å²) in [5.41, 5.74) is 2.00. The monoisotopic (exact) mass is 502 g/mol. The fourth-order valence-electron chi connectivity index (χ4n) is 4.60. The molecule has 0 saturated carbocycles. The van der Waals surface area contributed by atoms with Crippen molar-refractivity contribution in [2.24, 2.45) is 0 Å². The van der Waals surface area contributed by atoms with Crippen LogP contribution in [-0.2, 0) is 16.0 Å². The van der Waals surface area contributed by atoms with Gasteiger partial charge in [0.25, 0.3) is 0 Å². The summed E-state index contributed by atoms with van der Waals surface area (Å²) in [6.07, 6.45) is 0.846. The standard InChI is InChI=1S/C25H28F2N4O5/c26-19-6-5-17(13-20(19)27)22-15-36-25(35)31(22)24(34)29-10-9-28-18-7-11-30(12-8-18)21-4-2-1-3-16(21)14-23(32)33/h1-6,13,18,22,28H,7-12,14-15H2,(H,29,34)(H,32,33)/t22-/m1/s1. The van der Waals surface area contributed by atoms with Gasteiger partial charge in [-0.1, -0.05) is 24.3 Å². The van der Waals surface area contributed by atoms with E-state index in [0.717, 1.165) is 54.2 Å². The summed E-state index contributed by atoms with van der Waals surface area (Å²) in [5, 5.41) is 15.2. The van der Waals surface area contributed by atoms with Gasteiger partial charge in [0, 0.05) is 37.9 Å². The van der Waals surface area contributed by atoms with Crippen molar-refractivity contribution < 1.29 is 33.0 Å². The summed E-state index contributed by atoms with van der Waals surface area (Å²) in [5.74, 6) is -2.94. The molecule has 3 N–H and O–H groups in total. The van der Waals surface area contributed by atoms with Crippen LogP contribution in [0.1, 0.15) is 30.0 Å². The Morgan fingerprint density at radius 1 is 1.06 bits per heavy atom. The Hall–Kier alpha value is -3.73. The number of aliphatic carboxylic acids is 1. The van der Waals surface area contributed by atoms with E-state index in [2.05, 4.69) is 15.5 Å². The number of carbonyl (C=O) groups excluding carboxylic acids is 2. The first kappa shape index (κ1) is 25.4. The Balaban J connectivity index is 1.23. The number of imide groups is 1. The third-order valence-corrected chi connectivity index (χ3v) is 6.42. The number of cyclic esters (lactones) is 1. The van der Waals surface area contributed by atoms with Crippen molar-refractivity contribution in [3.05, 3.63) is 65.2 Å². The molecule has 0 bridgehead atoms. The van der Waals surface area contributed by atoms with Crippen molar-refractivity contribution in [1.29, 1.82) is 0 Å². The lowest BCUT2D eigenvalue weighted by atomic mass is 10.0. The summed E-state index contributed by atoms with van der Waals surface area (Å²) in [7, 11) is 0. The van der Waals surface area contributed by atoms with Crippen molar-refractivity contribution in [2.45, 2.75) is 31.3 Å². The number of ether oxygens (including phenoxy) is 1. The molecule has 2 heterocycles. The third-order valence-electron chi connectivity index (χ3n) is 6.42. The molecule has 0 radical (unpaired) electrons. The molecule has 2 aromatic carbocycles. The lowest BCUT2D eigenvalue weighted by Gasteiger charge is -2.35. The van der Waals surface area contributed by atoms with E-state index < -0.39 is 35.8 Å². The first-order valence-electron chi connectivity index (χ1n) is 11.8. The van der Waals surface area contributed by atoms with Gasteiger partial charge in [-0.05, 0) is 42.2 Å². The molecule has 9 nitrogen and oxygen atoms in total. The van der Waals surface area contributed by atoms with Crippen LogP contribution in [0.2, 0.25) is 0 Å². The predicted molar refractivity (Wildman–Crippen MR) is 127 cm³/mol. The number of hydrogen-bond acceptors (Lipinski definition) is 6. The number of piperidine rings is 1. The molecule has 2 aliphatic rings. The van der Waals surface area contributed by atoms with Crippen LogP contribution in [-0.4, -0.2) is 66.9 Å².